The first kappa shape index (κ1) is 12.3. The van der Waals surface area contributed by atoms with Gasteiger partial charge in [0.15, 0.2) is 0 Å². The average Bonchev–Trinajstić information content (AvgIpc) is 2.76. The predicted molar refractivity (Wildman–Crippen MR) is 71.2 cm³/mol. The van der Waals surface area contributed by atoms with Crippen LogP contribution >= 0.6 is 0 Å². The normalized spacial score (nSPS) is 25.4. The molecule has 2 bridgehead atoms. The summed E-state index contributed by atoms with van der Waals surface area (Å²) in [6, 6.07) is 5.18. The molecule has 2 aliphatic rings. The van der Waals surface area contributed by atoms with E-state index in [2.05, 4.69) is 0 Å². The van der Waals surface area contributed by atoms with Crippen molar-refractivity contribution < 1.29 is 14.3 Å². The Morgan fingerprint density at radius 3 is 2.63 bits per heavy atom. The number of carbonyl (C=O) groups is 1. The Bertz CT molecular complexity index is 491. The van der Waals surface area contributed by atoms with Gasteiger partial charge in [-0.15, -0.1) is 0 Å². The first-order valence-electron chi connectivity index (χ1n) is 6.55. The number of hydrogen-bond acceptors (Lipinski definition) is 4. The Morgan fingerprint density at radius 2 is 2.05 bits per heavy atom. The minimum absolute atomic E-state index is 0.0136. The number of fused-ring (bicyclic) bond motifs is 2. The van der Waals surface area contributed by atoms with Gasteiger partial charge in [0.2, 0.25) is 0 Å². The quantitative estimate of drug-likeness (QED) is 0.815. The molecular weight excluding hydrogens is 244 g/mol. The third-order valence-electron chi connectivity index (χ3n) is 3.82. The molecule has 0 aliphatic carbocycles. The van der Waals surface area contributed by atoms with Crippen molar-refractivity contribution in [3.63, 3.8) is 0 Å². The third-order valence-corrected chi connectivity index (χ3v) is 3.82. The maximum atomic E-state index is 12.5. The van der Waals surface area contributed by atoms with Crippen molar-refractivity contribution in [3.8, 4) is 5.75 Å². The van der Waals surface area contributed by atoms with Gasteiger partial charge < -0.3 is 20.1 Å². The molecule has 102 valence electrons. The number of likely N-dealkylation sites (tertiary alicyclic amines) is 1. The first-order valence-corrected chi connectivity index (χ1v) is 6.55. The molecule has 0 spiro atoms. The number of ether oxygens (including phenoxy) is 2. The lowest BCUT2D eigenvalue weighted by Crippen LogP contribution is -2.45. The highest BCUT2D eigenvalue weighted by Crippen LogP contribution is 2.28. The van der Waals surface area contributed by atoms with Crippen molar-refractivity contribution in [2.24, 2.45) is 0 Å². The number of benzene rings is 1. The number of anilines is 1. The van der Waals surface area contributed by atoms with Gasteiger partial charge in [0.25, 0.3) is 5.91 Å². The SMILES string of the molecule is COc1ccc(C(=O)N2CC3CCC(C2)O3)c(N)c1. The van der Waals surface area contributed by atoms with Crippen LogP contribution in [0.1, 0.15) is 23.2 Å². The van der Waals surface area contributed by atoms with Crippen molar-refractivity contribution in [1.82, 2.24) is 4.90 Å². The molecule has 2 atom stereocenters. The number of rotatable bonds is 2. The van der Waals surface area contributed by atoms with Crippen molar-refractivity contribution in [1.29, 1.82) is 0 Å². The summed E-state index contributed by atoms with van der Waals surface area (Å²) in [5, 5.41) is 0. The second-order valence-electron chi connectivity index (χ2n) is 5.12. The molecule has 1 aromatic carbocycles. The van der Waals surface area contributed by atoms with E-state index in [0.29, 0.717) is 30.1 Å². The molecule has 2 saturated heterocycles. The van der Waals surface area contributed by atoms with Gasteiger partial charge in [0, 0.05) is 24.8 Å². The highest BCUT2D eigenvalue weighted by Gasteiger charge is 2.36. The van der Waals surface area contributed by atoms with Crippen LogP contribution in [0.3, 0.4) is 0 Å². The Labute approximate surface area is 112 Å². The fourth-order valence-electron chi connectivity index (χ4n) is 2.81. The molecule has 5 heteroatoms. The molecule has 5 nitrogen and oxygen atoms in total. The molecular formula is C14H18N2O3. The van der Waals surface area contributed by atoms with Crippen molar-refractivity contribution in [2.45, 2.75) is 25.0 Å². The lowest BCUT2D eigenvalue weighted by molar-refractivity contribution is -0.0303. The zero-order valence-electron chi connectivity index (χ0n) is 11.0. The molecule has 0 radical (unpaired) electrons. The molecule has 3 rings (SSSR count). The Morgan fingerprint density at radius 1 is 1.37 bits per heavy atom. The van der Waals surface area contributed by atoms with E-state index in [9.17, 15) is 4.79 Å². The molecule has 2 aliphatic heterocycles. The number of methoxy groups -OCH3 is 1. The van der Waals surface area contributed by atoms with Gasteiger partial charge in [-0.1, -0.05) is 0 Å². The van der Waals surface area contributed by atoms with Gasteiger partial charge in [0.05, 0.1) is 24.9 Å². The van der Waals surface area contributed by atoms with Crippen LogP contribution in [0.5, 0.6) is 5.75 Å². The van der Waals surface area contributed by atoms with E-state index >= 15 is 0 Å². The molecule has 1 aromatic rings. The van der Waals surface area contributed by atoms with Crippen LogP contribution in [0.25, 0.3) is 0 Å². The van der Waals surface area contributed by atoms with E-state index in [1.807, 2.05) is 4.90 Å². The molecule has 0 saturated carbocycles. The molecule has 2 unspecified atom stereocenters. The van der Waals surface area contributed by atoms with Crippen LogP contribution in [0.4, 0.5) is 5.69 Å². The minimum atomic E-state index is -0.0136. The number of nitrogen functional groups attached to an aromatic ring is 1. The van der Waals surface area contributed by atoms with Gasteiger partial charge in [-0.05, 0) is 25.0 Å². The third kappa shape index (κ3) is 2.26. The van der Waals surface area contributed by atoms with Crippen LogP contribution in [-0.4, -0.2) is 43.2 Å². The highest BCUT2D eigenvalue weighted by atomic mass is 16.5. The second kappa shape index (κ2) is 4.74. The zero-order valence-corrected chi connectivity index (χ0v) is 11.0. The highest BCUT2D eigenvalue weighted by molar-refractivity contribution is 5.99. The van der Waals surface area contributed by atoms with Crippen molar-refractivity contribution >= 4 is 11.6 Å². The first-order chi connectivity index (χ1) is 9.17. The molecule has 19 heavy (non-hydrogen) atoms. The number of hydrogen-bond donors (Lipinski definition) is 1. The van der Waals surface area contributed by atoms with Crippen molar-refractivity contribution in [2.75, 3.05) is 25.9 Å². The number of amides is 1. The fourth-order valence-corrected chi connectivity index (χ4v) is 2.81. The van der Waals surface area contributed by atoms with Gasteiger partial charge in [-0.2, -0.15) is 0 Å². The van der Waals surface area contributed by atoms with E-state index in [1.54, 1.807) is 25.3 Å². The van der Waals surface area contributed by atoms with Gasteiger partial charge >= 0.3 is 0 Å². The van der Waals surface area contributed by atoms with Gasteiger partial charge in [-0.3, -0.25) is 4.79 Å². The predicted octanol–water partition coefficient (Wildman–Crippen LogP) is 1.28. The minimum Gasteiger partial charge on any atom is -0.497 e. The summed E-state index contributed by atoms with van der Waals surface area (Å²) in [5.74, 6) is 0.649. The number of morpholine rings is 1. The van der Waals surface area contributed by atoms with E-state index in [1.165, 1.54) is 0 Å². The average molecular weight is 262 g/mol. The number of nitrogens with two attached hydrogens (primary N) is 1. The number of nitrogens with zero attached hydrogens (tertiary/aromatic N) is 1. The Hall–Kier alpha value is -1.75. The Balaban J connectivity index is 1.80. The van der Waals surface area contributed by atoms with Crippen LogP contribution < -0.4 is 10.5 Å². The summed E-state index contributed by atoms with van der Waals surface area (Å²) < 4.78 is 10.8. The summed E-state index contributed by atoms with van der Waals surface area (Å²) >= 11 is 0. The smallest absolute Gasteiger partial charge is 0.256 e. The van der Waals surface area contributed by atoms with Crippen LogP contribution in [0.2, 0.25) is 0 Å². The maximum Gasteiger partial charge on any atom is 0.256 e. The molecule has 0 aromatic heterocycles. The topological polar surface area (TPSA) is 64.8 Å². The summed E-state index contributed by atoms with van der Waals surface area (Å²) in [4.78, 5) is 14.3. The molecule has 2 N–H and O–H groups in total. The van der Waals surface area contributed by atoms with Gasteiger partial charge in [0.1, 0.15) is 5.75 Å². The summed E-state index contributed by atoms with van der Waals surface area (Å²) in [6.45, 7) is 1.33. The van der Waals surface area contributed by atoms with Crippen LogP contribution in [-0.2, 0) is 4.74 Å². The van der Waals surface area contributed by atoms with Crippen LogP contribution in [0.15, 0.2) is 18.2 Å². The van der Waals surface area contributed by atoms with Crippen LogP contribution in [0, 0.1) is 0 Å². The standard InChI is InChI=1S/C14H18N2O3/c1-18-9-4-5-12(13(15)6-9)14(17)16-7-10-2-3-11(8-16)19-10/h4-6,10-11H,2-3,7-8,15H2,1H3. The van der Waals surface area contributed by atoms with E-state index < -0.39 is 0 Å². The summed E-state index contributed by atoms with van der Waals surface area (Å²) in [7, 11) is 1.58. The van der Waals surface area contributed by atoms with Gasteiger partial charge in [-0.25, -0.2) is 0 Å². The van der Waals surface area contributed by atoms with E-state index in [-0.39, 0.29) is 18.1 Å². The molecule has 1 amide bonds. The second-order valence-corrected chi connectivity index (χ2v) is 5.12. The van der Waals surface area contributed by atoms with Crippen molar-refractivity contribution in [3.05, 3.63) is 23.8 Å². The Kier molecular flexibility index (Phi) is 3.06. The zero-order chi connectivity index (χ0) is 13.4. The fraction of sp³-hybridized carbons (Fsp3) is 0.500. The maximum absolute atomic E-state index is 12.5. The monoisotopic (exact) mass is 262 g/mol. The molecule has 2 fully saturated rings. The lowest BCUT2D eigenvalue weighted by Gasteiger charge is -2.32. The summed E-state index contributed by atoms with van der Waals surface area (Å²) in [6.07, 6.45) is 2.49. The largest absolute Gasteiger partial charge is 0.497 e. The number of carbonyl (C=O) groups excluding carboxylic acids is 1. The molecule has 2 heterocycles. The van der Waals surface area contributed by atoms with E-state index in [0.717, 1.165) is 12.8 Å². The summed E-state index contributed by atoms with van der Waals surface area (Å²) in [5.41, 5.74) is 6.94. The van der Waals surface area contributed by atoms with E-state index in [4.69, 9.17) is 15.2 Å². The lowest BCUT2D eigenvalue weighted by atomic mass is 10.1.